The highest BCUT2D eigenvalue weighted by molar-refractivity contribution is 5.99. The number of morpholine rings is 1. The van der Waals surface area contributed by atoms with Crippen LogP contribution in [0.1, 0.15) is 24.2 Å². The Balaban J connectivity index is 2.33. The lowest BCUT2D eigenvalue weighted by Gasteiger charge is -2.33. The van der Waals surface area contributed by atoms with Gasteiger partial charge in [0.25, 0.3) is 0 Å². The van der Waals surface area contributed by atoms with E-state index in [1.807, 2.05) is 6.92 Å². The summed E-state index contributed by atoms with van der Waals surface area (Å²) < 4.78 is 18.6. The van der Waals surface area contributed by atoms with Gasteiger partial charge in [0.05, 0.1) is 12.7 Å². The molecule has 1 unspecified atom stereocenters. The van der Waals surface area contributed by atoms with E-state index in [2.05, 4.69) is 4.90 Å². The number of rotatable bonds is 2. The molecule has 1 atom stereocenters. The first-order valence-electron chi connectivity index (χ1n) is 5.75. The monoisotopic (exact) mass is 237 g/mol. The predicted molar refractivity (Wildman–Crippen MR) is 64.0 cm³/mol. The number of hydrogen-bond donors (Lipinski definition) is 0. The zero-order chi connectivity index (χ0) is 12.4. The third-order valence-electron chi connectivity index (χ3n) is 2.92. The number of hydrogen-bond acceptors (Lipinski definition) is 3. The molecule has 0 aliphatic carbocycles. The van der Waals surface area contributed by atoms with E-state index in [4.69, 9.17) is 4.74 Å². The van der Waals surface area contributed by atoms with E-state index in [1.54, 1.807) is 6.07 Å². The van der Waals surface area contributed by atoms with Gasteiger partial charge in [0.15, 0.2) is 5.78 Å². The Bertz CT molecular complexity index is 433. The first-order chi connectivity index (χ1) is 8.08. The van der Waals surface area contributed by atoms with Crippen molar-refractivity contribution in [2.45, 2.75) is 20.0 Å². The quantitative estimate of drug-likeness (QED) is 0.739. The van der Waals surface area contributed by atoms with Gasteiger partial charge in [0, 0.05) is 24.3 Å². The van der Waals surface area contributed by atoms with Crippen LogP contribution in [0.15, 0.2) is 18.2 Å². The molecule has 92 valence electrons. The van der Waals surface area contributed by atoms with Crippen molar-refractivity contribution >= 4 is 11.5 Å². The number of Topliss-reactive ketones (excluding diaryl/α,β-unsaturated/α-hetero) is 1. The maximum atomic E-state index is 13.2. The molecule has 3 nitrogen and oxygen atoms in total. The second kappa shape index (κ2) is 4.84. The van der Waals surface area contributed by atoms with Crippen LogP contribution < -0.4 is 4.90 Å². The van der Waals surface area contributed by atoms with Crippen LogP contribution in [0.25, 0.3) is 0 Å². The third kappa shape index (κ3) is 2.64. The van der Waals surface area contributed by atoms with Crippen molar-refractivity contribution in [1.29, 1.82) is 0 Å². The Hall–Kier alpha value is -1.42. The summed E-state index contributed by atoms with van der Waals surface area (Å²) in [6, 6.07) is 4.36. The number of ether oxygens (including phenoxy) is 1. The maximum absolute atomic E-state index is 13.2. The Morgan fingerprint density at radius 3 is 2.94 bits per heavy atom. The molecule has 0 spiro atoms. The van der Waals surface area contributed by atoms with Crippen LogP contribution in [0.3, 0.4) is 0 Å². The molecule has 1 heterocycles. The Morgan fingerprint density at radius 2 is 2.29 bits per heavy atom. The lowest BCUT2D eigenvalue weighted by molar-refractivity contribution is 0.0531. The summed E-state index contributed by atoms with van der Waals surface area (Å²) in [6.45, 7) is 5.54. The molecule has 1 saturated heterocycles. The van der Waals surface area contributed by atoms with Gasteiger partial charge in [-0.15, -0.1) is 0 Å². The molecule has 2 rings (SSSR count). The number of anilines is 1. The smallest absolute Gasteiger partial charge is 0.161 e. The largest absolute Gasteiger partial charge is 0.375 e. The summed E-state index contributed by atoms with van der Waals surface area (Å²) in [7, 11) is 0. The molecule has 0 bridgehead atoms. The fourth-order valence-corrected chi connectivity index (χ4v) is 2.10. The number of carbonyl (C=O) groups excluding carboxylic acids is 1. The normalized spacial score (nSPS) is 20.4. The zero-order valence-corrected chi connectivity index (χ0v) is 10.1. The number of benzene rings is 1. The van der Waals surface area contributed by atoms with Gasteiger partial charge in [0.1, 0.15) is 5.82 Å². The SMILES string of the molecule is CC(=O)c1cc(F)ccc1N1CCOC(C)C1. The molecular weight excluding hydrogens is 221 g/mol. The number of nitrogens with zero attached hydrogens (tertiary/aromatic N) is 1. The second-order valence-electron chi connectivity index (χ2n) is 4.35. The summed E-state index contributed by atoms with van der Waals surface area (Å²) in [4.78, 5) is 13.6. The minimum absolute atomic E-state index is 0.112. The summed E-state index contributed by atoms with van der Waals surface area (Å²) in [5.41, 5.74) is 1.24. The van der Waals surface area contributed by atoms with Crippen LogP contribution in [-0.4, -0.2) is 31.6 Å². The standard InChI is InChI=1S/C13H16FNO2/c1-9-8-15(5-6-17-9)13-4-3-11(14)7-12(13)10(2)16/h3-4,7,9H,5-6,8H2,1-2H3. The molecule has 0 aromatic heterocycles. The van der Waals surface area contributed by atoms with Gasteiger partial charge in [-0.25, -0.2) is 4.39 Å². The van der Waals surface area contributed by atoms with E-state index in [9.17, 15) is 9.18 Å². The van der Waals surface area contributed by atoms with Gasteiger partial charge >= 0.3 is 0 Å². The van der Waals surface area contributed by atoms with Gasteiger partial charge in [-0.3, -0.25) is 4.79 Å². The minimum Gasteiger partial charge on any atom is -0.375 e. The summed E-state index contributed by atoms with van der Waals surface area (Å²) in [6.07, 6.45) is 0.133. The highest BCUT2D eigenvalue weighted by Crippen LogP contribution is 2.24. The highest BCUT2D eigenvalue weighted by atomic mass is 19.1. The fraction of sp³-hybridized carbons (Fsp3) is 0.462. The van der Waals surface area contributed by atoms with Gasteiger partial charge in [-0.05, 0) is 32.0 Å². The predicted octanol–water partition coefficient (Wildman–Crippen LogP) is 2.25. The molecule has 17 heavy (non-hydrogen) atoms. The molecule has 0 radical (unpaired) electrons. The van der Waals surface area contributed by atoms with Gasteiger partial charge in [-0.1, -0.05) is 0 Å². The number of halogens is 1. The van der Waals surface area contributed by atoms with E-state index in [1.165, 1.54) is 19.1 Å². The van der Waals surface area contributed by atoms with Crippen molar-refractivity contribution < 1.29 is 13.9 Å². The van der Waals surface area contributed by atoms with Crippen LogP contribution in [0.2, 0.25) is 0 Å². The Morgan fingerprint density at radius 1 is 1.53 bits per heavy atom. The lowest BCUT2D eigenvalue weighted by Crippen LogP contribution is -2.41. The van der Waals surface area contributed by atoms with Crippen LogP contribution in [0.4, 0.5) is 10.1 Å². The van der Waals surface area contributed by atoms with E-state index in [0.717, 1.165) is 18.8 Å². The Kier molecular flexibility index (Phi) is 3.43. The molecular formula is C13H16FNO2. The van der Waals surface area contributed by atoms with Crippen molar-refractivity contribution in [2.75, 3.05) is 24.6 Å². The molecule has 0 saturated carbocycles. The van der Waals surface area contributed by atoms with Gasteiger partial charge < -0.3 is 9.64 Å². The van der Waals surface area contributed by atoms with E-state index < -0.39 is 0 Å². The van der Waals surface area contributed by atoms with Crippen molar-refractivity contribution in [3.05, 3.63) is 29.6 Å². The van der Waals surface area contributed by atoms with Crippen LogP contribution in [-0.2, 0) is 4.74 Å². The first-order valence-corrected chi connectivity index (χ1v) is 5.75. The molecule has 4 heteroatoms. The van der Waals surface area contributed by atoms with Crippen molar-refractivity contribution in [1.82, 2.24) is 0 Å². The summed E-state index contributed by atoms with van der Waals surface area (Å²) >= 11 is 0. The maximum Gasteiger partial charge on any atom is 0.161 e. The molecule has 1 aromatic rings. The van der Waals surface area contributed by atoms with E-state index >= 15 is 0 Å². The zero-order valence-electron chi connectivity index (χ0n) is 10.1. The van der Waals surface area contributed by atoms with Gasteiger partial charge in [0.2, 0.25) is 0 Å². The molecule has 1 aromatic carbocycles. The lowest BCUT2D eigenvalue weighted by atomic mass is 10.1. The van der Waals surface area contributed by atoms with Crippen molar-refractivity contribution in [3.63, 3.8) is 0 Å². The molecule has 1 aliphatic heterocycles. The average Bonchev–Trinajstić information content (AvgIpc) is 2.28. The van der Waals surface area contributed by atoms with Gasteiger partial charge in [-0.2, -0.15) is 0 Å². The average molecular weight is 237 g/mol. The van der Waals surface area contributed by atoms with E-state index in [-0.39, 0.29) is 17.7 Å². The topological polar surface area (TPSA) is 29.5 Å². The third-order valence-corrected chi connectivity index (χ3v) is 2.92. The molecule has 0 amide bonds. The molecule has 1 aliphatic rings. The molecule has 1 fully saturated rings. The van der Waals surface area contributed by atoms with Crippen molar-refractivity contribution in [3.8, 4) is 0 Å². The number of ketones is 1. The van der Waals surface area contributed by atoms with Crippen LogP contribution in [0.5, 0.6) is 0 Å². The molecule has 0 N–H and O–H groups in total. The Labute approximate surface area is 100 Å². The van der Waals surface area contributed by atoms with Crippen LogP contribution in [0, 0.1) is 5.82 Å². The second-order valence-corrected chi connectivity index (χ2v) is 4.35. The first kappa shape index (κ1) is 12.0. The highest BCUT2D eigenvalue weighted by Gasteiger charge is 2.20. The van der Waals surface area contributed by atoms with Crippen LogP contribution >= 0.6 is 0 Å². The van der Waals surface area contributed by atoms with Crippen molar-refractivity contribution in [2.24, 2.45) is 0 Å². The fourth-order valence-electron chi connectivity index (χ4n) is 2.10. The summed E-state index contributed by atoms with van der Waals surface area (Å²) in [5.74, 6) is -0.487. The minimum atomic E-state index is -0.375. The summed E-state index contributed by atoms with van der Waals surface area (Å²) in [5, 5.41) is 0. The van der Waals surface area contributed by atoms with E-state index in [0.29, 0.717) is 12.2 Å². The number of carbonyl (C=O) groups is 1.